The maximum atomic E-state index is 9.81. The minimum Gasteiger partial charge on any atom is -0.394 e. The van der Waals surface area contributed by atoms with Gasteiger partial charge in [-0.3, -0.25) is 4.98 Å². The number of hydrogen-bond donors (Lipinski definition) is 2. The summed E-state index contributed by atoms with van der Waals surface area (Å²) >= 11 is 0. The van der Waals surface area contributed by atoms with Crippen molar-refractivity contribution in [2.45, 2.75) is 45.2 Å². The van der Waals surface area contributed by atoms with Crippen molar-refractivity contribution in [1.29, 1.82) is 0 Å². The molecule has 8 heteroatoms. The molecule has 2 N–H and O–H groups in total. The fourth-order valence-electron chi connectivity index (χ4n) is 4.33. The number of hydrogen-bond acceptors (Lipinski definition) is 7. The summed E-state index contributed by atoms with van der Waals surface area (Å²) in [7, 11) is 0. The largest absolute Gasteiger partial charge is 0.394 e. The number of rotatable bonds is 7. The number of aromatic nitrogens is 5. The average molecular weight is 444 g/mol. The van der Waals surface area contributed by atoms with Crippen LogP contribution in [0, 0.1) is 0 Å². The third-order valence-corrected chi connectivity index (χ3v) is 6.22. The lowest BCUT2D eigenvalue weighted by Gasteiger charge is -2.23. The predicted molar refractivity (Wildman–Crippen MR) is 129 cm³/mol. The summed E-state index contributed by atoms with van der Waals surface area (Å²) in [4.78, 5) is 16.2. The molecule has 0 aliphatic carbocycles. The van der Waals surface area contributed by atoms with Crippen molar-refractivity contribution in [3.63, 3.8) is 0 Å². The molecule has 170 valence electrons. The average Bonchev–Trinajstić information content (AvgIpc) is 3.50. The molecule has 1 aromatic carbocycles. The standard InChI is InChI=1S/C25H29N7O/c1-17(2)21-15-28-32-23(21)29-25(31-13-5-6-20(31)16-33)30-24(32)27-14-18-8-10-19(11-9-18)22-7-3-4-12-26-22/h3-4,7-12,15,17,20,33H,5-6,13-14,16H2,1-2H3,(H,27,29,30). The quantitative estimate of drug-likeness (QED) is 0.448. The monoisotopic (exact) mass is 443 g/mol. The number of aliphatic hydroxyl groups excluding tert-OH is 1. The van der Waals surface area contributed by atoms with Gasteiger partial charge >= 0.3 is 0 Å². The second kappa shape index (κ2) is 9.15. The van der Waals surface area contributed by atoms with Gasteiger partial charge in [-0.2, -0.15) is 19.6 Å². The summed E-state index contributed by atoms with van der Waals surface area (Å²) in [6, 6.07) is 14.3. The van der Waals surface area contributed by atoms with E-state index in [4.69, 9.17) is 9.97 Å². The van der Waals surface area contributed by atoms with Gasteiger partial charge < -0.3 is 15.3 Å². The molecule has 8 nitrogen and oxygen atoms in total. The van der Waals surface area contributed by atoms with Gasteiger partial charge in [-0.25, -0.2) is 0 Å². The van der Waals surface area contributed by atoms with Gasteiger partial charge in [0.15, 0.2) is 5.65 Å². The first-order valence-corrected chi connectivity index (χ1v) is 11.5. The van der Waals surface area contributed by atoms with Gasteiger partial charge in [-0.15, -0.1) is 0 Å². The molecule has 1 saturated heterocycles. The Bertz CT molecular complexity index is 1220. The lowest BCUT2D eigenvalue weighted by Crippen LogP contribution is -2.34. The fraction of sp³-hybridized carbons (Fsp3) is 0.360. The number of anilines is 2. The van der Waals surface area contributed by atoms with Crippen molar-refractivity contribution < 1.29 is 5.11 Å². The molecule has 3 aromatic heterocycles. The molecular weight excluding hydrogens is 414 g/mol. The van der Waals surface area contributed by atoms with Crippen molar-refractivity contribution in [1.82, 2.24) is 24.6 Å². The zero-order chi connectivity index (χ0) is 22.8. The summed E-state index contributed by atoms with van der Waals surface area (Å²) in [6.07, 6.45) is 5.66. The van der Waals surface area contributed by atoms with Gasteiger partial charge in [0, 0.05) is 30.4 Å². The summed E-state index contributed by atoms with van der Waals surface area (Å²) in [6.45, 7) is 5.84. The number of pyridine rings is 1. The van der Waals surface area contributed by atoms with E-state index in [2.05, 4.69) is 58.4 Å². The first-order chi connectivity index (χ1) is 16.1. The topological polar surface area (TPSA) is 91.5 Å². The Labute approximate surface area is 193 Å². The number of aliphatic hydroxyl groups is 1. The molecular formula is C25H29N7O. The SMILES string of the molecule is CC(C)c1cnn2c(NCc3ccc(-c4ccccn4)cc3)nc(N3CCCC3CO)nc12. The van der Waals surface area contributed by atoms with Crippen LogP contribution in [0.1, 0.15) is 43.7 Å². The first-order valence-electron chi connectivity index (χ1n) is 11.5. The van der Waals surface area contributed by atoms with Crippen LogP contribution in [0.25, 0.3) is 16.9 Å². The molecule has 0 amide bonds. The molecule has 5 rings (SSSR count). The molecule has 1 fully saturated rings. The van der Waals surface area contributed by atoms with Crippen LogP contribution in [0.2, 0.25) is 0 Å². The van der Waals surface area contributed by atoms with Gasteiger partial charge in [0.05, 0.1) is 24.5 Å². The molecule has 0 radical (unpaired) electrons. The zero-order valence-corrected chi connectivity index (χ0v) is 19.0. The summed E-state index contributed by atoms with van der Waals surface area (Å²) in [5.41, 5.74) is 5.08. The molecule has 4 aromatic rings. The fourth-order valence-corrected chi connectivity index (χ4v) is 4.33. The van der Waals surface area contributed by atoms with E-state index in [0.717, 1.165) is 47.4 Å². The minimum atomic E-state index is 0.0601. The number of benzene rings is 1. The maximum absolute atomic E-state index is 9.81. The van der Waals surface area contributed by atoms with E-state index in [-0.39, 0.29) is 12.6 Å². The highest BCUT2D eigenvalue weighted by molar-refractivity contribution is 5.59. The van der Waals surface area contributed by atoms with Crippen LogP contribution >= 0.6 is 0 Å². The highest BCUT2D eigenvalue weighted by Gasteiger charge is 2.27. The minimum absolute atomic E-state index is 0.0601. The van der Waals surface area contributed by atoms with E-state index in [1.807, 2.05) is 24.4 Å². The Morgan fingerprint density at radius 3 is 2.70 bits per heavy atom. The second-order valence-electron chi connectivity index (χ2n) is 8.77. The molecule has 1 aliphatic rings. The van der Waals surface area contributed by atoms with Crippen LogP contribution in [0.3, 0.4) is 0 Å². The molecule has 1 aliphatic heterocycles. The maximum Gasteiger partial charge on any atom is 0.231 e. The summed E-state index contributed by atoms with van der Waals surface area (Å²) in [5.74, 6) is 1.60. The van der Waals surface area contributed by atoms with Crippen molar-refractivity contribution >= 4 is 17.5 Å². The van der Waals surface area contributed by atoms with Crippen molar-refractivity contribution in [2.75, 3.05) is 23.4 Å². The van der Waals surface area contributed by atoms with Crippen molar-refractivity contribution in [2.24, 2.45) is 0 Å². The number of fused-ring (bicyclic) bond motifs is 1. The van der Waals surface area contributed by atoms with E-state index in [1.54, 1.807) is 10.7 Å². The van der Waals surface area contributed by atoms with Crippen LogP contribution in [0.15, 0.2) is 54.9 Å². The lowest BCUT2D eigenvalue weighted by atomic mass is 10.1. The predicted octanol–water partition coefficient (Wildman–Crippen LogP) is 3.88. The number of nitrogens with zero attached hydrogens (tertiary/aromatic N) is 6. The van der Waals surface area contributed by atoms with Gasteiger partial charge in [0.2, 0.25) is 11.9 Å². The third-order valence-electron chi connectivity index (χ3n) is 6.22. The van der Waals surface area contributed by atoms with Crippen molar-refractivity contribution in [3.05, 3.63) is 66.0 Å². The van der Waals surface area contributed by atoms with Crippen LogP contribution in [0.5, 0.6) is 0 Å². The summed E-state index contributed by atoms with van der Waals surface area (Å²) < 4.78 is 1.78. The first kappa shape index (κ1) is 21.3. The molecule has 1 atom stereocenters. The summed E-state index contributed by atoms with van der Waals surface area (Å²) in [5, 5.41) is 17.8. The highest BCUT2D eigenvalue weighted by Crippen LogP contribution is 2.27. The van der Waals surface area contributed by atoms with Crippen LogP contribution in [-0.2, 0) is 6.54 Å². The Morgan fingerprint density at radius 2 is 1.97 bits per heavy atom. The van der Waals surface area contributed by atoms with Gasteiger partial charge in [0.1, 0.15) is 0 Å². The third kappa shape index (κ3) is 4.26. The van der Waals surface area contributed by atoms with E-state index in [9.17, 15) is 5.11 Å². The van der Waals surface area contributed by atoms with Crippen LogP contribution in [0.4, 0.5) is 11.9 Å². The van der Waals surface area contributed by atoms with E-state index < -0.39 is 0 Å². The Morgan fingerprint density at radius 1 is 1.12 bits per heavy atom. The smallest absolute Gasteiger partial charge is 0.231 e. The van der Waals surface area contributed by atoms with E-state index in [1.165, 1.54) is 0 Å². The lowest BCUT2D eigenvalue weighted by molar-refractivity contribution is 0.265. The van der Waals surface area contributed by atoms with E-state index in [0.29, 0.717) is 24.4 Å². The molecule has 0 bridgehead atoms. The molecule has 0 spiro atoms. The van der Waals surface area contributed by atoms with Crippen LogP contribution in [-0.4, -0.2) is 48.9 Å². The Hall–Kier alpha value is -3.52. The van der Waals surface area contributed by atoms with Crippen molar-refractivity contribution in [3.8, 4) is 11.3 Å². The molecule has 4 heterocycles. The highest BCUT2D eigenvalue weighted by atomic mass is 16.3. The Balaban J connectivity index is 1.43. The van der Waals surface area contributed by atoms with Gasteiger partial charge in [-0.1, -0.05) is 44.2 Å². The van der Waals surface area contributed by atoms with E-state index >= 15 is 0 Å². The molecule has 33 heavy (non-hydrogen) atoms. The molecule has 1 unspecified atom stereocenters. The Kier molecular flexibility index (Phi) is 5.92. The number of nitrogens with one attached hydrogen (secondary N) is 1. The second-order valence-corrected chi connectivity index (χ2v) is 8.77. The van der Waals surface area contributed by atoms with Gasteiger partial charge in [0.25, 0.3) is 0 Å². The molecule has 0 saturated carbocycles. The van der Waals surface area contributed by atoms with Gasteiger partial charge in [-0.05, 0) is 36.5 Å². The normalized spacial score (nSPS) is 16.1. The van der Waals surface area contributed by atoms with Crippen LogP contribution < -0.4 is 10.2 Å². The zero-order valence-electron chi connectivity index (χ0n) is 19.0.